The number of carbonyl (C=O) groups excluding carboxylic acids is 2. The molecule has 0 aromatic heterocycles. The summed E-state index contributed by atoms with van der Waals surface area (Å²) < 4.78 is 5.01. The van der Waals surface area contributed by atoms with Crippen LogP contribution in [0.25, 0.3) is 0 Å². The van der Waals surface area contributed by atoms with Crippen molar-refractivity contribution in [1.82, 2.24) is 0 Å². The molecule has 0 amide bonds. The van der Waals surface area contributed by atoms with E-state index in [1.54, 1.807) is 31.2 Å². The maximum Gasteiger partial charge on any atom is 0.312 e. The second-order valence-electron chi connectivity index (χ2n) is 4.61. The minimum absolute atomic E-state index is 0.0304. The van der Waals surface area contributed by atoms with Crippen LogP contribution in [0.3, 0.4) is 0 Å². The smallest absolute Gasteiger partial charge is 0.312 e. The highest BCUT2D eigenvalue weighted by molar-refractivity contribution is 6.30. The van der Waals surface area contributed by atoms with Crippen LogP contribution in [0.1, 0.15) is 36.5 Å². The molecular weight excluding hydrogens is 252 g/mol. The number of halogens is 1. The zero-order valence-electron chi connectivity index (χ0n) is 10.2. The third-order valence-electron chi connectivity index (χ3n) is 3.23. The lowest BCUT2D eigenvalue weighted by molar-refractivity contribution is -0.149. The maximum absolute atomic E-state index is 12.1. The Hall–Kier alpha value is -1.35. The fraction of sp³-hybridized carbons (Fsp3) is 0.429. The Balaban J connectivity index is 2.03. The van der Waals surface area contributed by atoms with Crippen molar-refractivity contribution in [2.24, 2.45) is 5.41 Å². The lowest BCUT2D eigenvalue weighted by Gasteiger charge is -2.12. The van der Waals surface area contributed by atoms with Crippen molar-refractivity contribution in [2.75, 3.05) is 6.61 Å². The molecule has 1 fully saturated rings. The second kappa shape index (κ2) is 5.11. The Morgan fingerprint density at radius 3 is 2.39 bits per heavy atom. The molecule has 4 heteroatoms. The average molecular weight is 267 g/mol. The van der Waals surface area contributed by atoms with E-state index in [-0.39, 0.29) is 18.2 Å². The van der Waals surface area contributed by atoms with E-state index in [0.29, 0.717) is 17.2 Å². The van der Waals surface area contributed by atoms with E-state index in [1.807, 2.05) is 0 Å². The van der Waals surface area contributed by atoms with E-state index in [0.717, 1.165) is 12.8 Å². The quantitative estimate of drug-likeness (QED) is 0.607. The summed E-state index contributed by atoms with van der Waals surface area (Å²) in [6.45, 7) is 2.13. The summed E-state index contributed by atoms with van der Waals surface area (Å²) in [4.78, 5) is 23.8. The largest absolute Gasteiger partial charge is 0.466 e. The van der Waals surface area contributed by atoms with E-state index in [2.05, 4.69) is 0 Å². The van der Waals surface area contributed by atoms with Gasteiger partial charge in [0, 0.05) is 17.0 Å². The van der Waals surface area contributed by atoms with E-state index in [9.17, 15) is 9.59 Å². The lowest BCUT2D eigenvalue weighted by Crippen LogP contribution is -2.22. The molecule has 0 bridgehead atoms. The maximum atomic E-state index is 12.1. The first-order valence-electron chi connectivity index (χ1n) is 6.03. The number of esters is 1. The number of ether oxygens (including phenoxy) is 1. The first-order valence-corrected chi connectivity index (χ1v) is 6.41. The number of hydrogen-bond acceptors (Lipinski definition) is 3. The summed E-state index contributed by atoms with van der Waals surface area (Å²) in [5, 5.41) is 0.595. The molecule has 0 heterocycles. The van der Waals surface area contributed by atoms with Crippen molar-refractivity contribution >= 4 is 23.4 Å². The predicted molar refractivity (Wildman–Crippen MR) is 68.7 cm³/mol. The van der Waals surface area contributed by atoms with Gasteiger partial charge in [-0.25, -0.2) is 0 Å². The highest BCUT2D eigenvalue weighted by Gasteiger charge is 2.52. The van der Waals surface area contributed by atoms with Gasteiger partial charge in [-0.3, -0.25) is 9.59 Å². The van der Waals surface area contributed by atoms with Crippen molar-refractivity contribution in [2.45, 2.75) is 26.2 Å². The molecular formula is C14H15ClO3. The molecule has 18 heavy (non-hydrogen) atoms. The predicted octanol–water partition coefficient (Wildman–Crippen LogP) is 3.26. The Morgan fingerprint density at radius 2 is 1.89 bits per heavy atom. The number of rotatable bonds is 5. The van der Waals surface area contributed by atoms with Crippen LogP contribution in [0.2, 0.25) is 5.02 Å². The molecule has 96 valence electrons. The highest BCUT2D eigenvalue weighted by Crippen LogP contribution is 2.50. The SMILES string of the molecule is CCOC(=O)C1(CC(=O)c2ccc(Cl)cc2)CC1. The summed E-state index contributed by atoms with van der Waals surface area (Å²) in [6, 6.07) is 6.73. The molecule has 3 nitrogen and oxygen atoms in total. The van der Waals surface area contributed by atoms with Gasteiger partial charge >= 0.3 is 5.97 Å². The van der Waals surface area contributed by atoms with E-state index < -0.39 is 5.41 Å². The van der Waals surface area contributed by atoms with Gasteiger partial charge in [-0.2, -0.15) is 0 Å². The van der Waals surface area contributed by atoms with Gasteiger partial charge in [0.1, 0.15) is 0 Å². The minimum Gasteiger partial charge on any atom is -0.466 e. The van der Waals surface area contributed by atoms with Crippen LogP contribution < -0.4 is 0 Å². The molecule has 0 atom stereocenters. The Labute approximate surface area is 111 Å². The molecule has 1 aliphatic rings. The van der Waals surface area contributed by atoms with Crippen LogP contribution in [-0.2, 0) is 9.53 Å². The molecule has 1 aromatic carbocycles. The summed E-state index contributed by atoms with van der Waals surface area (Å²) in [5.41, 5.74) is 0.0298. The summed E-state index contributed by atoms with van der Waals surface area (Å²) in [5.74, 6) is -0.274. The van der Waals surface area contributed by atoms with Crippen molar-refractivity contribution in [3.05, 3.63) is 34.9 Å². The van der Waals surface area contributed by atoms with E-state index in [1.165, 1.54) is 0 Å². The number of Topliss-reactive ketones (excluding diaryl/α,β-unsaturated/α-hetero) is 1. The normalized spacial score (nSPS) is 16.1. The molecule has 0 aliphatic heterocycles. The number of benzene rings is 1. The van der Waals surface area contributed by atoms with Gasteiger partial charge in [0.2, 0.25) is 0 Å². The molecule has 0 spiro atoms. The van der Waals surface area contributed by atoms with Crippen LogP contribution >= 0.6 is 11.6 Å². The van der Waals surface area contributed by atoms with E-state index >= 15 is 0 Å². The van der Waals surface area contributed by atoms with Gasteiger partial charge < -0.3 is 4.74 Å². The van der Waals surface area contributed by atoms with Gasteiger partial charge in [-0.15, -0.1) is 0 Å². The monoisotopic (exact) mass is 266 g/mol. The fourth-order valence-corrected chi connectivity index (χ4v) is 2.06. The van der Waals surface area contributed by atoms with Crippen LogP contribution in [-0.4, -0.2) is 18.4 Å². The molecule has 1 saturated carbocycles. The van der Waals surface area contributed by atoms with Gasteiger partial charge in [0.25, 0.3) is 0 Å². The Kier molecular flexibility index (Phi) is 3.71. The van der Waals surface area contributed by atoms with Crippen molar-refractivity contribution in [1.29, 1.82) is 0 Å². The lowest BCUT2D eigenvalue weighted by atomic mass is 9.96. The summed E-state index contributed by atoms with van der Waals surface area (Å²) in [6.07, 6.45) is 1.71. The first-order chi connectivity index (χ1) is 8.57. The number of ketones is 1. The van der Waals surface area contributed by atoms with Crippen LogP contribution in [0.4, 0.5) is 0 Å². The molecule has 1 aromatic rings. The van der Waals surface area contributed by atoms with Crippen molar-refractivity contribution < 1.29 is 14.3 Å². The summed E-state index contributed by atoms with van der Waals surface area (Å²) >= 11 is 5.77. The topological polar surface area (TPSA) is 43.4 Å². The molecule has 2 rings (SSSR count). The molecule has 0 saturated heterocycles. The Bertz CT molecular complexity index is 460. The van der Waals surface area contributed by atoms with Gasteiger partial charge in [-0.05, 0) is 44.0 Å². The molecule has 0 radical (unpaired) electrons. The van der Waals surface area contributed by atoms with Crippen LogP contribution in [0.5, 0.6) is 0 Å². The van der Waals surface area contributed by atoms with Crippen molar-refractivity contribution in [3.63, 3.8) is 0 Å². The number of hydrogen-bond donors (Lipinski definition) is 0. The summed E-state index contributed by atoms with van der Waals surface area (Å²) in [7, 11) is 0. The third-order valence-corrected chi connectivity index (χ3v) is 3.48. The fourth-order valence-electron chi connectivity index (χ4n) is 1.93. The highest BCUT2D eigenvalue weighted by atomic mass is 35.5. The van der Waals surface area contributed by atoms with Crippen LogP contribution in [0, 0.1) is 5.41 Å². The van der Waals surface area contributed by atoms with E-state index in [4.69, 9.17) is 16.3 Å². The standard InChI is InChI=1S/C14H15ClO3/c1-2-18-13(17)14(7-8-14)9-12(16)10-3-5-11(15)6-4-10/h3-6H,2,7-9H2,1H3. The van der Waals surface area contributed by atoms with Gasteiger partial charge in [0.15, 0.2) is 5.78 Å². The average Bonchev–Trinajstić information content (AvgIpc) is 3.11. The zero-order chi connectivity index (χ0) is 13.2. The molecule has 0 N–H and O–H groups in total. The molecule has 0 unspecified atom stereocenters. The first kappa shape index (κ1) is 13.1. The third kappa shape index (κ3) is 2.72. The molecule has 1 aliphatic carbocycles. The van der Waals surface area contributed by atoms with Gasteiger partial charge in [-0.1, -0.05) is 11.6 Å². The van der Waals surface area contributed by atoms with Gasteiger partial charge in [0.05, 0.1) is 12.0 Å². The number of carbonyl (C=O) groups is 2. The second-order valence-corrected chi connectivity index (χ2v) is 5.04. The minimum atomic E-state index is -0.563. The van der Waals surface area contributed by atoms with Crippen LogP contribution in [0.15, 0.2) is 24.3 Å². The zero-order valence-corrected chi connectivity index (χ0v) is 11.0. The Morgan fingerprint density at radius 1 is 1.28 bits per heavy atom. The van der Waals surface area contributed by atoms with Crippen molar-refractivity contribution in [3.8, 4) is 0 Å².